The molecule has 7 heteroatoms. The van der Waals surface area contributed by atoms with Crippen LogP contribution in [-0.4, -0.2) is 33.4 Å². The molecule has 2 amide bonds. The molecule has 0 radical (unpaired) electrons. The van der Waals surface area contributed by atoms with Crippen molar-refractivity contribution in [1.82, 2.24) is 20.4 Å². The van der Waals surface area contributed by atoms with Crippen molar-refractivity contribution < 1.29 is 14.1 Å². The lowest BCUT2D eigenvalue weighted by Gasteiger charge is -2.36. The Morgan fingerprint density at radius 1 is 1.13 bits per heavy atom. The molecular weight excluding hydrogens is 380 g/mol. The van der Waals surface area contributed by atoms with Crippen LogP contribution in [0.2, 0.25) is 0 Å². The largest absolute Gasteiger partial charge is 0.352 e. The molecule has 4 rings (SSSR count). The van der Waals surface area contributed by atoms with E-state index in [4.69, 9.17) is 4.52 Å². The average Bonchev–Trinajstić information content (AvgIpc) is 3.19. The quantitative estimate of drug-likeness (QED) is 0.682. The predicted octanol–water partition coefficient (Wildman–Crippen LogP) is 2.62. The van der Waals surface area contributed by atoms with E-state index >= 15 is 0 Å². The summed E-state index contributed by atoms with van der Waals surface area (Å²) in [6.07, 6.45) is 1.31. The summed E-state index contributed by atoms with van der Waals surface area (Å²) in [4.78, 5) is 30.6. The van der Waals surface area contributed by atoms with Gasteiger partial charge >= 0.3 is 0 Å². The van der Waals surface area contributed by atoms with Crippen LogP contribution in [0.15, 0.2) is 59.1 Å². The van der Waals surface area contributed by atoms with E-state index in [1.165, 1.54) is 5.56 Å². The van der Waals surface area contributed by atoms with E-state index < -0.39 is 0 Å². The van der Waals surface area contributed by atoms with Crippen molar-refractivity contribution in [3.05, 3.63) is 83.0 Å². The SMILES string of the molecule is CC(=O)N1CCc2ccccc2C1Cc1nc(CC(=O)NCc2ccccc2)no1. The molecule has 1 N–H and O–H groups in total. The van der Waals surface area contributed by atoms with E-state index in [-0.39, 0.29) is 24.3 Å². The smallest absolute Gasteiger partial charge is 0.229 e. The molecule has 30 heavy (non-hydrogen) atoms. The van der Waals surface area contributed by atoms with Gasteiger partial charge in [0.25, 0.3) is 0 Å². The molecule has 1 atom stereocenters. The van der Waals surface area contributed by atoms with Crippen molar-refractivity contribution in [3.8, 4) is 0 Å². The molecule has 0 aliphatic carbocycles. The predicted molar refractivity (Wildman–Crippen MR) is 110 cm³/mol. The Labute approximate surface area is 175 Å². The first kappa shape index (κ1) is 19.8. The Kier molecular flexibility index (Phi) is 5.88. The van der Waals surface area contributed by atoms with Gasteiger partial charge in [-0.25, -0.2) is 0 Å². The minimum atomic E-state index is -0.167. The number of nitrogens with zero attached hydrogens (tertiary/aromatic N) is 3. The van der Waals surface area contributed by atoms with Crippen molar-refractivity contribution in [2.75, 3.05) is 6.54 Å². The first-order valence-corrected chi connectivity index (χ1v) is 10.1. The van der Waals surface area contributed by atoms with Gasteiger partial charge in [-0.1, -0.05) is 59.8 Å². The summed E-state index contributed by atoms with van der Waals surface area (Å²) in [5, 5.41) is 6.81. The lowest BCUT2D eigenvalue weighted by molar-refractivity contribution is -0.131. The van der Waals surface area contributed by atoms with Gasteiger partial charge in [0.2, 0.25) is 17.7 Å². The lowest BCUT2D eigenvalue weighted by Crippen LogP contribution is -2.39. The Morgan fingerprint density at radius 3 is 2.70 bits per heavy atom. The molecule has 1 unspecified atom stereocenters. The number of rotatable bonds is 6. The zero-order chi connectivity index (χ0) is 20.9. The molecule has 2 heterocycles. The van der Waals surface area contributed by atoms with E-state index in [0.717, 1.165) is 17.5 Å². The number of carbonyl (C=O) groups is 2. The second-order valence-electron chi connectivity index (χ2n) is 7.42. The Bertz CT molecular complexity index is 1030. The molecule has 1 aromatic heterocycles. The van der Waals surface area contributed by atoms with Crippen LogP contribution in [0.3, 0.4) is 0 Å². The molecular formula is C23H24N4O3. The maximum absolute atomic E-state index is 12.2. The summed E-state index contributed by atoms with van der Waals surface area (Å²) in [7, 11) is 0. The highest BCUT2D eigenvalue weighted by atomic mass is 16.5. The van der Waals surface area contributed by atoms with E-state index in [2.05, 4.69) is 21.5 Å². The van der Waals surface area contributed by atoms with Crippen LogP contribution < -0.4 is 5.32 Å². The van der Waals surface area contributed by atoms with Gasteiger partial charge in [-0.2, -0.15) is 4.98 Å². The topological polar surface area (TPSA) is 88.3 Å². The average molecular weight is 404 g/mol. The van der Waals surface area contributed by atoms with E-state index in [9.17, 15) is 9.59 Å². The third-order valence-corrected chi connectivity index (χ3v) is 5.35. The van der Waals surface area contributed by atoms with E-state index in [1.54, 1.807) is 6.92 Å². The van der Waals surface area contributed by atoms with Crippen molar-refractivity contribution in [2.24, 2.45) is 0 Å². The molecule has 0 fully saturated rings. The molecule has 7 nitrogen and oxygen atoms in total. The van der Waals surface area contributed by atoms with Crippen molar-refractivity contribution in [1.29, 1.82) is 0 Å². The van der Waals surface area contributed by atoms with Crippen LogP contribution in [-0.2, 0) is 35.4 Å². The van der Waals surface area contributed by atoms with E-state index in [1.807, 2.05) is 53.4 Å². The highest BCUT2D eigenvalue weighted by Crippen LogP contribution is 2.32. The maximum atomic E-state index is 12.2. The number of carbonyl (C=O) groups excluding carboxylic acids is 2. The Morgan fingerprint density at radius 2 is 1.90 bits per heavy atom. The minimum absolute atomic E-state index is 0.0227. The first-order valence-electron chi connectivity index (χ1n) is 10.1. The normalized spacial score (nSPS) is 15.5. The first-order chi connectivity index (χ1) is 14.6. The van der Waals surface area contributed by atoms with Gasteiger partial charge in [0.05, 0.1) is 18.9 Å². The van der Waals surface area contributed by atoms with Crippen LogP contribution in [0.1, 0.15) is 41.4 Å². The van der Waals surface area contributed by atoms with Crippen molar-refractivity contribution in [2.45, 2.75) is 38.8 Å². The van der Waals surface area contributed by atoms with Gasteiger partial charge in [0.15, 0.2) is 5.82 Å². The fraction of sp³-hybridized carbons (Fsp3) is 0.304. The minimum Gasteiger partial charge on any atom is -0.352 e. The highest BCUT2D eigenvalue weighted by Gasteiger charge is 2.30. The van der Waals surface area contributed by atoms with E-state index in [0.29, 0.717) is 31.2 Å². The number of amides is 2. The molecule has 1 aliphatic heterocycles. The third kappa shape index (κ3) is 4.56. The van der Waals surface area contributed by atoms with Gasteiger partial charge in [-0.15, -0.1) is 0 Å². The van der Waals surface area contributed by atoms with Crippen LogP contribution in [0.4, 0.5) is 0 Å². The second-order valence-corrected chi connectivity index (χ2v) is 7.42. The number of hydrogen-bond acceptors (Lipinski definition) is 5. The summed E-state index contributed by atoms with van der Waals surface area (Å²) in [6.45, 7) is 2.70. The third-order valence-electron chi connectivity index (χ3n) is 5.35. The van der Waals surface area contributed by atoms with Gasteiger partial charge in [0.1, 0.15) is 0 Å². The summed E-state index contributed by atoms with van der Waals surface area (Å²) >= 11 is 0. The zero-order valence-corrected chi connectivity index (χ0v) is 16.9. The fourth-order valence-corrected chi connectivity index (χ4v) is 3.86. The fourth-order valence-electron chi connectivity index (χ4n) is 3.86. The molecule has 0 spiro atoms. The number of nitrogens with one attached hydrogen (secondary N) is 1. The molecule has 3 aromatic rings. The van der Waals surface area contributed by atoms with Crippen LogP contribution in [0, 0.1) is 0 Å². The molecule has 0 saturated heterocycles. The maximum Gasteiger partial charge on any atom is 0.229 e. The monoisotopic (exact) mass is 404 g/mol. The molecule has 2 aromatic carbocycles. The van der Waals surface area contributed by atoms with Crippen molar-refractivity contribution >= 4 is 11.8 Å². The van der Waals surface area contributed by atoms with Crippen LogP contribution in [0.5, 0.6) is 0 Å². The van der Waals surface area contributed by atoms with Crippen LogP contribution >= 0.6 is 0 Å². The van der Waals surface area contributed by atoms with Gasteiger partial charge in [-0.05, 0) is 23.1 Å². The molecule has 1 aliphatic rings. The number of aromatic nitrogens is 2. The van der Waals surface area contributed by atoms with Gasteiger partial charge in [0, 0.05) is 20.0 Å². The summed E-state index contributed by atoms with van der Waals surface area (Å²) in [5.74, 6) is 0.622. The highest BCUT2D eigenvalue weighted by molar-refractivity contribution is 5.77. The van der Waals surface area contributed by atoms with Gasteiger partial charge < -0.3 is 14.7 Å². The number of hydrogen-bond donors (Lipinski definition) is 1. The Hall–Kier alpha value is -3.48. The summed E-state index contributed by atoms with van der Waals surface area (Å²) in [5.41, 5.74) is 3.37. The van der Waals surface area contributed by atoms with Crippen LogP contribution in [0.25, 0.3) is 0 Å². The van der Waals surface area contributed by atoms with Gasteiger partial charge in [-0.3, -0.25) is 9.59 Å². The summed E-state index contributed by atoms with van der Waals surface area (Å²) < 4.78 is 5.40. The molecule has 154 valence electrons. The summed E-state index contributed by atoms with van der Waals surface area (Å²) in [6, 6.07) is 17.7. The zero-order valence-electron chi connectivity index (χ0n) is 16.9. The number of benzene rings is 2. The molecule has 0 saturated carbocycles. The standard InChI is InChI=1S/C23H24N4O3/c1-16(28)27-12-11-18-9-5-6-10-19(18)20(27)13-23-25-21(26-30-23)14-22(29)24-15-17-7-3-2-4-8-17/h2-10,20H,11-15H2,1H3,(H,24,29). The number of fused-ring (bicyclic) bond motifs is 1. The molecule has 0 bridgehead atoms. The lowest BCUT2D eigenvalue weighted by atomic mass is 9.90. The Balaban J connectivity index is 1.41. The second kappa shape index (κ2) is 8.90. The van der Waals surface area contributed by atoms with Crippen molar-refractivity contribution in [3.63, 3.8) is 0 Å².